The molecule has 5 rings (SSSR count). The van der Waals surface area contributed by atoms with E-state index in [4.69, 9.17) is 39.1 Å². The fourth-order valence-corrected chi connectivity index (χ4v) is 4.79. The first-order valence-electron chi connectivity index (χ1n) is 15.0. The van der Waals surface area contributed by atoms with Crippen molar-refractivity contribution in [1.82, 2.24) is 14.9 Å². The Morgan fingerprint density at radius 1 is 0.936 bits per heavy atom. The SMILES string of the molecule is C1=C\COCc2cc(ccc2OCCN2CCCC2)Nc2nccc(n2)-c2ccc(o2)COC/1.O=C(O)CC(O)(CC(=O)O)C(=O)O. The van der Waals surface area contributed by atoms with Crippen LogP contribution in [0.4, 0.5) is 11.6 Å². The maximum Gasteiger partial charge on any atom is 0.336 e. The quantitative estimate of drug-likeness (QED) is 0.209. The highest BCUT2D eigenvalue weighted by Crippen LogP contribution is 2.27. The normalized spacial score (nSPS) is 16.0. The zero-order valence-electron chi connectivity index (χ0n) is 25.7. The number of carboxylic acid groups (broad SMARTS) is 3. The first-order chi connectivity index (χ1) is 22.6. The summed E-state index contributed by atoms with van der Waals surface area (Å²) in [5.41, 5.74) is -0.190. The standard InChI is InChI=1S/C26H30N4O4.C6H8O7/c1-2-12-30(11-1)13-16-33-24-7-5-21-17-20(24)18-31-14-3-4-15-32-19-22-6-8-25(34-22)23-9-10-27-26(28-21)29-23;7-3(8)1-6(13,5(11)12)2-4(9)10/h3-10,17H,1-2,11-16,18-19H2,(H,27,28,29);13H,1-2H2,(H,7,8)(H,9,10)(H,11,12)/b4-3-;. The number of rotatable bonds is 9. The van der Waals surface area contributed by atoms with Crippen LogP contribution in [-0.4, -0.2) is 98.3 Å². The van der Waals surface area contributed by atoms with Gasteiger partial charge in [-0.1, -0.05) is 12.2 Å². The van der Waals surface area contributed by atoms with Gasteiger partial charge in [-0.05, 0) is 62.3 Å². The van der Waals surface area contributed by atoms with Crippen molar-refractivity contribution in [1.29, 1.82) is 0 Å². The Labute approximate surface area is 270 Å². The van der Waals surface area contributed by atoms with Crippen LogP contribution in [0.5, 0.6) is 5.75 Å². The number of furan rings is 1. The van der Waals surface area contributed by atoms with Gasteiger partial charge in [0.15, 0.2) is 11.4 Å². The van der Waals surface area contributed by atoms with Crippen LogP contribution in [0, 0.1) is 0 Å². The molecule has 6 bridgehead atoms. The summed E-state index contributed by atoms with van der Waals surface area (Å²) in [6.45, 7) is 5.74. The topological polar surface area (TPSA) is 214 Å². The van der Waals surface area contributed by atoms with Gasteiger partial charge >= 0.3 is 17.9 Å². The molecule has 0 aliphatic carbocycles. The molecule has 1 aromatic carbocycles. The molecule has 0 amide bonds. The van der Waals surface area contributed by atoms with Crippen molar-refractivity contribution in [3.63, 3.8) is 0 Å². The molecule has 2 aliphatic heterocycles. The predicted octanol–water partition coefficient (Wildman–Crippen LogP) is 3.31. The summed E-state index contributed by atoms with van der Waals surface area (Å²) >= 11 is 0. The van der Waals surface area contributed by atoms with E-state index in [1.165, 1.54) is 12.8 Å². The molecule has 252 valence electrons. The molecule has 5 N–H and O–H groups in total. The maximum absolute atomic E-state index is 10.3. The Hall–Kier alpha value is -4.83. The van der Waals surface area contributed by atoms with E-state index in [9.17, 15) is 14.4 Å². The number of ether oxygens (including phenoxy) is 3. The fourth-order valence-electron chi connectivity index (χ4n) is 4.79. The van der Waals surface area contributed by atoms with Crippen LogP contribution in [0.25, 0.3) is 11.5 Å². The smallest absolute Gasteiger partial charge is 0.336 e. The van der Waals surface area contributed by atoms with Crippen molar-refractivity contribution in [3.05, 3.63) is 66.1 Å². The van der Waals surface area contributed by atoms with Crippen LogP contribution in [0.15, 0.2) is 59.2 Å². The van der Waals surface area contributed by atoms with Gasteiger partial charge in [-0.15, -0.1) is 0 Å². The molecule has 0 atom stereocenters. The number of likely N-dealkylation sites (tertiary alicyclic amines) is 1. The summed E-state index contributed by atoms with van der Waals surface area (Å²) in [6, 6.07) is 11.6. The van der Waals surface area contributed by atoms with E-state index in [-0.39, 0.29) is 0 Å². The number of aliphatic hydroxyl groups is 1. The number of carbonyl (C=O) groups is 3. The van der Waals surface area contributed by atoms with Crippen molar-refractivity contribution < 1.29 is 53.4 Å². The van der Waals surface area contributed by atoms with Crippen LogP contribution in [0.3, 0.4) is 0 Å². The second kappa shape index (κ2) is 17.2. The molecule has 0 saturated carbocycles. The summed E-state index contributed by atoms with van der Waals surface area (Å²) in [5, 5.41) is 37.1. The van der Waals surface area contributed by atoms with Gasteiger partial charge < -0.3 is 44.4 Å². The number of anilines is 2. The molecule has 1 saturated heterocycles. The van der Waals surface area contributed by atoms with Gasteiger partial charge in [0.2, 0.25) is 5.95 Å². The molecule has 2 aliphatic rings. The Morgan fingerprint density at radius 2 is 1.64 bits per heavy atom. The second-order valence-corrected chi connectivity index (χ2v) is 10.9. The number of nitrogens with zero attached hydrogens (tertiary/aromatic N) is 3. The monoisotopic (exact) mass is 654 g/mol. The molecule has 2 aromatic heterocycles. The van der Waals surface area contributed by atoms with Gasteiger partial charge in [0.05, 0.1) is 32.7 Å². The number of benzene rings is 1. The summed E-state index contributed by atoms with van der Waals surface area (Å²) in [5.74, 6) is -2.26. The van der Waals surface area contributed by atoms with E-state index in [2.05, 4.69) is 20.2 Å². The van der Waals surface area contributed by atoms with E-state index < -0.39 is 36.4 Å². The third-order valence-corrected chi connectivity index (χ3v) is 7.13. The van der Waals surface area contributed by atoms with Crippen molar-refractivity contribution >= 4 is 29.5 Å². The fraction of sp³-hybridized carbons (Fsp3) is 0.406. The second-order valence-electron chi connectivity index (χ2n) is 10.9. The molecule has 1 fully saturated rings. The number of aromatic nitrogens is 2. The van der Waals surface area contributed by atoms with E-state index in [1.807, 2.05) is 48.6 Å². The highest BCUT2D eigenvalue weighted by molar-refractivity contribution is 5.88. The average molecular weight is 655 g/mol. The van der Waals surface area contributed by atoms with Crippen LogP contribution in [0.2, 0.25) is 0 Å². The van der Waals surface area contributed by atoms with Gasteiger partial charge in [-0.3, -0.25) is 14.5 Å². The lowest BCUT2D eigenvalue weighted by molar-refractivity contribution is -0.170. The van der Waals surface area contributed by atoms with Crippen molar-refractivity contribution in [2.75, 3.05) is 44.8 Å². The third-order valence-electron chi connectivity index (χ3n) is 7.13. The molecule has 4 heterocycles. The highest BCUT2D eigenvalue weighted by Gasteiger charge is 2.40. The van der Waals surface area contributed by atoms with E-state index in [1.54, 1.807) is 6.20 Å². The van der Waals surface area contributed by atoms with Crippen molar-refractivity contribution in [2.45, 2.75) is 44.5 Å². The Bertz CT molecular complexity index is 1520. The molecule has 15 heteroatoms. The number of hydrogen-bond donors (Lipinski definition) is 5. The molecule has 47 heavy (non-hydrogen) atoms. The minimum atomic E-state index is -2.74. The molecule has 0 unspecified atom stereocenters. The number of nitrogens with one attached hydrogen (secondary N) is 1. The number of carboxylic acids is 3. The lowest BCUT2D eigenvalue weighted by atomic mass is 9.96. The van der Waals surface area contributed by atoms with Gasteiger partial charge in [-0.25, -0.2) is 14.8 Å². The van der Waals surface area contributed by atoms with Gasteiger partial charge in [-0.2, -0.15) is 0 Å². The molecule has 3 aromatic rings. The van der Waals surface area contributed by atoms with E-state index in [0.29, 0.717) is 50.4 Å². The minimum absolute atomic E-state index is 0.393. The van der Waals surface area contributed by atoms with Crippen LogP contribution >= 0.6 is 0 Å². The first kappa shape index (κ1) is 35.0. The predicted molar refractivity (Wildman–Crippen MR) is 166 cm³/mol. The first-order valence-corrected chi connectivity index (χ1v) is 15.0. The maximum atomic E-state index is 10.3. The summed E-state index contributed by atoms with van der Waals surface area (Å²) in [4.78, 5) is 41.9. The van der Waals surface area contributed by atoms with E-state index in [0.717, 1.165) is 42.4 Å². The van der Waals surface area contributed by atoms with Crippen molar-refractivity contribution in [3.8, 4) is 17.2 Å². The zero-order valence-corrected chi connectivity index (χ0v) is 25.7. The lowest BCUT2D eigenvalue weighted by Crippen LogP contribution is -2.42. The number of aliphatic carboxylic acids is 3. The van der Waals surface area contributed by atoms with Crippen LogP contribution < -0.4 is 10.1 Å². The molecule has 0 radical (unpaired) electrons. The van der Waals surface area contributed by atoms with Crippen LogP contribution in [0.1, 0.15) is 37.0 Å². The highest BCUT2D eigenvalue weighted by atomic mass is 16.5. The van der Waals surface area contributed by atoms with Crippen LogP contribution in [-0.2, 0) is 37.1 Å². The Morgan fingerprint density at radius 3 is 2.32 bits per heavy atom. The van der Waals surface area contributed by atoms with E-state index >= 15 is 0 Å². The number of fused-ring (bicyclic) bond motifs is 7. The minimum Gasteiger partial charge on any atom is -0.492 e. The number of hydrogen-bond acceptors (Lipinski definition) is 12. The summed E-state index contributed by atoms with van der Waals surface area (Å²) < 4.78 is 23.6. The van der Waals surface area contributed by atoms with Gasteiger partial charge in [0.25, 0.3) is 0 Å². The van der Waals surface area contributed by atoms with Gasteiger partial charge in [0.1, 0.15) is 30.4 Å². The third kappa shape index (κ3) is 11.2. The molecule has 0 spiro atoms. The summed E-state index contributed by atoms with van der Waals surface area (Å²) in [7, 11) is 0. The van der Waals surface area contributed by atoms with Crippen molar-refractivity contribution in [2.24, 2.45) is 0 Å². The summed E-state index contributed by atoms with van der Waals surface area (Å²) in [6.07, 6.45) is 5.90. The molecular formula is C32H38N4O11. The Balaban J connectivity index is 0.000000328. The average Bonchev–Trinajstić information content (AvgIpc) is 3.71. The lowest BCUT2D eigenvalue weighted by Gasteiger charge is -2.18. The largest absolute Gasteiger partial charge is 0.492 e. The Kier molecular flexibility index (Phi) is 12.8. The molecule has 15 nitrogen and oxygen atoms in total. The van der Waals surface area contributed by atoms with Gasteiger partial charge in [0, 0.05) is 24.0 Å². The zero-order chi connectivity index (χ0) is 33.6. The molecular weight excluding hydrogens is 616 g/mol.